The highest BCUT2D eigenvalue weighted by atomic mass is 15.4. The monoisotopic (exact) mass is 333 g/mol. The molecule has 0 saturated carbocycles. The molecule has 25 heavy (non-hydrogen) atoms. The molecule has 1 aromatic heterocycles. The molecule has 2 heterocycles. The molecular formula is C21H25N4+. The third-order valence-corrected chi connectivity index (χ3v) is 5.12. The van der Waals surface area contributed by atoms with Gasteiger partial charge in [0.15, 0.2) is 0 Å². The van der Waals surface area contributed by atoms with Gasteiger partial charge in [-0.25, -0.2) is 9.97 Å². The second-order valence-corrected chi connectivity index (χ2v) is 7.63. The van der Waals surface area contributed by atoms with Crippen molar-refractivity contribution in [1.82, 2.24) is 9.97 Å². The van der Waals surface area contributed by atoms with Crippen LogP contribution in [0.15, 0.2) is 48.5 Å². The highest BCUT2D eigenvalue weighted by molar-refractivity contribution is 5.93. The topological polar surface area (TPSA) is 29.0 Å². The summed E-state index contributed by atoms with van der Waals surface area (Å²) in [6, 6.07) is 16.9. The molecule has 1 aliphatic heterocycles. The minimum atomic E-state index is 0.856. The standard InChI is InChI=1S/C21H25N4/c1-16-9-10-19-18(15-16)20(17-7-5-4-6-8-17)23-21(22-19)24-11-13-25(2,3)14-12-24/h4-10,15H,11-14H2,1-3H3/q+1. The SMILES string of the molecule is Cc1ccc2nc(N3CC[N+](C)(C)CC3)nc(-c3ccccc3)c2c1. The number of piperazine rings is 1. The van der Waals surface area contributed by atoms with Gasteiger partial charge in [-0.05, 0) is 19.1 Å². The van der Waals surface area contributed by atoms with Crippen LogP contribution >= 0.6 is 0 Å². The van der Waals surface area contributed by atoms with Crippen molar-refractivity contribution < 1.29 is 4.48 Å². The van der Waals surface area contributed by atoms with Crippen LogP contribution in [0.4, 0.5) is 5.95 Å². The second kappa shape index (κ2) is 6.12. The first kappa shape index (κ1) is 16.0. The number of aryl methyl sites for hydroxylation is 1. The lowest BCUT2D eigenvalue weighted by Gasteiger charge is -2.39. The van der Waals surface area contributed by atoms with Gasteiger partial charge in [0.1, 0.15) is 0 Å². The molecule has 4 nitrogen and oxygen atoms in total. The average molecular weight is 333 g/mol. The Kier molecular flexibility index (Phi) is 3.92. The Balaban J connectivity index is 1.83. The Labute approximate surface area is 149 Å². The predicted molar refractivity (Wildman–Crippen MR) is 104 cm³/mol. The van der Waals surface area contributed by atoms with Crippen molar-refractivity contribution in [3.05, 3.63) is 54.1 Å². The summed E-state index contributed by atoms with van der Waals surface area (Å²) in [4.78, 5) is 12.2. The number of hydrogen-bond donors (Lipinski definition) is 0. The summed E-state index contributed by atoms with van der Waals surface area (Å²) in [5.74, 6) is 0.856. The van der Waals surface area contributed by atoms with E-state index in [2.05, 4.69) is 68.4 Å². The van der Waals surface area contributed by atoms with Gasteiger partial charge in [-0.1, -0.05) is 42.0 Å². The zero-order valence-electron chi connectivity index (χ0n) is 15.2. The summed E-state index contributed by atoms with van der Waals surface area (Å²) in [6.07, 6.45) is 0. The molecule has 3 aromatic rings. The maximum atomic E-state index is 4.99. The molecule has 1 saturated heterocycles. The third-order valence-electron chi connectivity index (χ3n) is 5.12. The molecule has 2 aromatic carbocycles. The normalized spacial score (nSPS) is 17.0. The number of benzene rings is 2. The third kappa shape index (κ3) is 3.22. The van der Waals surface area contributed by atoms with E-state index in [1.54, 1.807) is 0 Å². The fraction of sp³-hybridized carbons (Fsp3) is 0.333. The van der Waals surface area contributed by atoms with Gasteiger partial charge in [0.05, 0.1) is 51.5 Å². The lowest BCUT2D eigenvalue weighted by Crippen LogP contribution is -2.55. The molecule has 0 N–H and O–H groups in total. The second-order valence-electron chi connectivity index (χ2n) is 7.63. The molecule has 0 radical (unpaired) electrons. The van der Waals surface area contributed by atoms with Crippen molar-refractivity contribution in [2.24, 2.45) is 0 Å². The molecule has 0 spiro atoms. The lowest BCUT2D eigenvalue weighted by molar-refractivity contribution is -0.890. The Morgan fingerprint density at radius 3 is 2.36 bits per heavy atom. The van der Waals surface area contributed by atoms with Gasteiger partial charge in [0, 0.05) is 10.9 Å². The Morgan fingerprint density at radius 2 is 1.64 bits per heavy atom. The number of aromatic nitrogens is 2. The summed E-state index contributed by atoms with van der Waals surface area (Å²) < 4.78 is 1.06. The van der Waals surface area contributed by atoms with E-state index in [9.17, 15) is 0 Å². The summed E-state index contributed by atoms with van der Waals surface area (Å²) in [5, 5.41) is 1.13. The molecular weight excluding hydrogens is 308 g/mol. The number of nitrogens with zero attached hydrogens (tertiary/aromatic N) is 4. The van der Waals surface area contributed by atoms with Gasteiger partial charge in [0.25, 0.3) is 0 Å². The summed E-state index contributed by atoms with van der Waals surface area (Å²) in [6.45, 7) is 6.36. The molecule has 1 fully saturated rings. The summed E-state index contributed by atoms with van der Waals surface area (Å²) in [7, 11) is 4.58. The smallest absolute Gasteiger partial charge is 0.226 e. The quantitative estimate of drug-likeness (QED) is 0.672. The molecule has 0 atom stereocenters. The maximum Gasteiger partial charge on any atom is 0.226 e. The number of anilines is 1. The van der Waals surface area contributed by atoms with E-state index in [-0.39, 0.29) is 0 Å². The van der Waals surface area contributed by atoms with Gasteiger partial charge in [-0.3, -0.25) is 0 Å². The first-order valence-corrected chi connectivity index (χ1v) is 8.93. The van der Waals surface area contributed by atoms with Crippen LogP contribution in [0.3, 0.4) is 0 Å². The number of fused-ring (bicyclic) bond motifs is 1. The van der Waals surface area contributed by atoms with Crippen LogP contribution in [0.25, 0.3) is 22.2 Å². The van der Waals surface area contributed by atoms with E-state index in [0.29, 0.717) is 0 Å². The van der Waals surface area contributed by atoms with E-state index >= 15 is 0 Å². The van der Waals surface area contributed by atoms with Gasteiger partial charge in [-0.15, -0.1) is 0 Å². The average Bonchev–Trinajstić information content (AvgIpc) is 2.61. The van der Waals surface area contributed by atoms with Gasteiger partial charge >= 0.3 is 0 Å². The maximum absolute atomic E-state index is 4.99. The Morgan fingerprint density at radius 1 is 0.920 bits per heavy atom. The zero-order chi connectivity index (χ0) is 17.4. The molecule has 0 amide bonds. The molecule has 4 rings (SSSR count). The molecule has 0 unspecified atom stereocenters. The molecule has 128 valence electrons. The van der Waals surface area contributed by atoms with Crippen molar-refractivity contribution in [3.63, 3.8) is 0 Å². The number of hydrogen-bond acceptors (Lipinski definition) is 3. The number of rotatable bonds is 2. The van der Waals surface area contributed by atoms with Crippen molar-refractivity contribution in [2.75, 3.05) is 45.2 Å². The fourth-order valence-electron chi connectivity index (χ4n) is 3.39. The van der Waals surface area contributed by atoms with Crippen LogP contribution in [0.1, 0.15) is 5.56 Å². The van der Waals surface area contributed by atoms with Gasteiger partial charge < -0.3 is 9.38 Å². The lowest BCUT2D eigenvalue weighted by atomic mass is 10.0. The van der Waals surface area contributed by atoms with Crippen LogP contribution in [-0.2, 0) is 0 Å². The highest BCUT2D eigenvalue weighted by Gasteiger charge is 2.26. The number of likely N-dealkylation sites (N-methyl/N-ethyl adjacent to an activating group) is 1. The van der Waals surface area contributed by atoms with Crippen molar-refractivity contribution in [2.45, 2.75) is 6.92 Å². The molecule has 1 aliphatic rings. The summed E-state index contributed by atoms with van der Waals surface area (Å²) >= 11 is 0. The van der Waals surface area contributed by atoms with Crippen LogP contribution in [-0.4, -0.2) is 54.7 Å². The van der Waals surface area contributed by atoms with Crippen LogP contribution in [0, 0.1) is 6.92 Å². The Hall–Kier alpha value is -2.46. The van der Waals surface area contributed by atoms with Crippen molar-refractivity contribution in [3.8, 4) is 11.3 Å². The van der Waals surface area contributed by atoms with E-state index in [0.717, 1.165) is 58.8 Å². The predicted octanol–water partition coefficient (Wildman–Crippen LogP) is 3.50. The van der Waals surface area contributed by atoms with Crippen LogP contribution in [0.5, 0.6) is 0 Å². The molecule has 0 bridgehead atoms. The van der Waals surface area contributed by atoms with E-state index in [1.807, 2.05) is 6.07 Å². The van der Waals surface area contributed by atoms with E-state index in [1.165, 1.54) is 5.56 Å². The largest absolute Gasteiger partial charge is 0.329 e. The highest BCUT2D eigenvalue weighted by Crippen LogP contribution is 2.29. The fourth-order valence-corrected chi connectivity index (χ4v) is 3.39. The van der Waals surface area contributed by atoms with Gasteiger partial charge in [-0.2, -0.15) is 0 Å². The van der Waals surface area contributed by atoms with Crippen molar-refractivity contribution >= 4 is 16.9 Å². The van der Waals surface area contributed by atoms with E-state index in [4.69, 9.17) is 9.97 Å². The van der Waals surface area contributed by atoms with E-state index < -0.39 is 0 Å². The summed E-state index contributed by atoms with van der Waals surface area (Å²) in [5.41, 5.74) is 4.44. The minimum absolute atomic E-state index is 0.856. The first-order chi connectivity index (χ1) is 12.0. The zero-order valence-corrected chi connectivity index (χ0v) is 15.2. The minimum Gasteiger partial charge on any atom is -0.329 e. The first-order valence-electron chi connectivity index (χ1n) is 8.93. The molecule has 0 aliphatic carbocycles. The Bertz CT molecular complexity index is 892. The van der Waals surface area contributed by atoms with Gasteiger partial charge in [0.2, 0.25) is 5.95 Å². The number of quaternary nitrogens is 1. The van der Waals surface area contributed by atoms with Crippen molar-refractivity contribution in [1.29, 1.82) is 0 Å². The molecule has 4 heteroatoms. The van der Waals surface area contributed by atoms with Crippen LogP contribution < -0.4 is 4.90 Å². The van der Waals surface area contributed by atoms with Crippen LogP contribution in [0.2, 0.25) is 0 Å².